The van der Waals surface area contributed by atoms with Crippen molar-refractivity contribution in [1.29, 1.82) is 0 Å². The Morgan fingerprint density at radius 3 is 1.56 bits per heavy atom. The standard InChI is InChI=1S/C14H32N2O2/c1-13(2)16(14(3)4)8-10-18-12-11-17-9-7-15(5)6/h13-14H,7-12H2,1-6H3. The predicted molar refractivity (Wildman–Crippen MR) is 77.2 cm³/mol. The van der Waals surface area contributed by atoms with Crippen molar-refractivity contribution in [1.82, 2.24) is 9.80 Å². The number of rotatable bonds is 11. The fourth-order valence-corrected chi connectivity index (χ4v) is 1.85. The summed E-state index contributed by atoms with van der Waals surface area (Å²) in [6.45, 7) is 13.8. The molecule has 0 aliphatic rings. The van der Waals surface area contributed by atoms with Gasteiger partial charge in [0.25, 0.3) is 0 Å². The number of likely N-dealkylation sites (N-methyl/N-ethyl adjacent to an activating group) is 1. The highest BCUT2D eigenvalue weighted by atomic mass is 16.5. The zero-order valence-corrected chi connectivity index (χ0v) is 13.1. The van der Waals surface area contributed by atoms with Crippen molar-refractivity contribution in [2.75, 3.05) is 53.6 Å². The van der Waals surface area contributed by atoms with Crippen molar-refractivity contribution in [2.24, 2.45) is 0 Å². The lowest BCUT2D eigenvalue weighted by Gasteiger charge is -2.30. The van der Waals surface area contributed by atoms with E-state index in [1.165, 1.54) is 0 Å². The molecule has 0 aromatic heterocycles. The fraction of sp³-hybridized carbons (Fsp3) is 1.00. The molecule has 4 heteroatoms. The fourth-order valence-electron chi connectivity index (χ4n) is 1.85. The minimum absolute atomic E-state index is 0.574. The lowest BCUT2D eigenvalue weighted by atomic mass is 10.2. The van der Waals surface area contributed by atoms with Crippen LogP contribution in [-0.4, -0.2) is 75.5 Å². The maximum Gasteiger partial charge on any atom is 0.0701 e. The van der Waals surface area contributed by atoms with Crippen LogP contribution in [0.25, 0.3) is 0 Å². The van der Waals surface area contributed by atoms with Crippen LogP contribution in [-0.2, 0) is 9.47 Å². The first-order valence-electron chi connectivity index (χ1n) is 7.01. The van der Waals surface area contributed by atoms with Crippen LogP contribution in [0.15, 0.2) is 0 Å². The van der Waals surface area contributed by atoms with E-state index in [-0.39, 0.29) is 0 Å². The van der Waals surface area contributed by atoms with Gasteiger partial charge in [-0.1, -0.05) is 0 Å². The molecule has 0 fully saturated rings. The molecule has 0 atom stereocenters. The van der Waals surface area contributed by atoms with E-state index >= 15 is 0 Å². The molecule has 0 aliphatic heterocycles. The van der Waals surface area contributed by atoms with E-state index in [1.54, 1.807) is 0 Å². The zero-order chi connectivity index (χ0) is 14.0. The topological polar surface area (TPSA) is 24.9 Å². The average Bonchev–Trinajstić information content (AvgIpc) is 2.25. The van der Waals surface area contributed by atoms with E-state index in [4.69, 9.17) is 9.47 Å². The highest BCUT2D eigenvalue weighted by molar-refractivity contribution is 4.66. The summed E-state index contributed by atoms with van der Waals surface area (Å²) < 4.78 is 11.1. The van der Waals surface area contributed by atoms with Gasteiger partial charge in [0, 0.05) is 25.2 Å². The third kappa shape index (κ3) is 9.83. The highest BCUT2D eigenvalue weighted by Gasteiger charge is 2.12. The number of nitrogens with zero attached hydrogens (tertiary/aromatic N) is 2. The summed E-state index contributed by atoms with van der Waals surface area (Å²) in [6.07, 6.45) is 0. The molecule has 0 saturated carbocycles. The average molecular weight is 260 g/mol. The van der Waals surface area contributed by atoms with Crippen molar-refractivity contribution in [3.8, 4) is 0 Å². The lowest BCUT2D eigenvalue weighted by Crippen LogP contribution is -2.39. The molecule has 0 heterocycles. The van der Waals surface area contributed by atoms with Crippen LogP contribution in [0.4, 0.5) is 0 Å². The molecule has 0 aromatic rings. The van der Waals surface area contributed by atoms with Crippen LogP contribution in [0.2, 0.25) is 0 Å². The van der Waals surface area contributed by atoms with Crippen molar-refractivity contribution >= 4 is 0 Å². The summed E-state index contributed by atoms with van der Waals surface area (Å²) in [4.78, 5) is 4.55. The van der Waals surface area contributed by atoms with Crippen molar-refractivity contribution < 1.29 is 9.47 Å². The molecule has 110 valence electrons. The molecular formula is C14H32N2O2. The van der Waals surface area contributed by atoms with Crippen molar-refractivity contribution in [2.45, 2.75) is 39.8 Å². The molecule has 0 saturated heterocycles. The molecule has 18 heavy (non-hydrogen) atoms. The lowest BCUT2D eigenvalue weighted by molar-refractivity contribution is 0.0273. The minimum Gasteiger partial charge on any atom is -0.378 e. The zero-order valence-electron chi connectivity index (χ0n) is 13.1. The number of hydrogen-bond donors (Lipinski definition) is 0. The van der Waals surface area contributed by atoms with Gasteiger partial charge in [-0.05, 0) is 41.8 Å². The maximum atomic E-state index is 5.59. The Morgan fingerprint density at radius 1 is 0.722 bits per heavy atom. The third-order valence-electron chi connectivity index (χ3n) is 2.88. The molecule has 0 radical (unpaired) electrons. The summed E-state index contributed by atoms with van der Waals surface area (Å²) in [5.41, 5.74) is 0. The van der Waals surface area contributed by atoms with E-state index in [0.29, 0.717) is 25.3 Å². The quantitative estimate of drug-likeness (QED) is 0.528. The molecule has 0 aromatic carbocycles. The van der Waals surface area contributed by atoms with Gasteiger partial charge in [-0.25, -0.2) is 0 Å². The molecular weight excluding hydrogens is 228 g/mol. The Kier molecular flexibility index (Phi) is 10.6. The summed E-state index contributed by atoms with van der Waals surface area (Å²) in [5, 5.41) is 0. The van der Waals surface area contributed by atoms with Crippen LogP contribution in [0, 0.1) is 0 Å². The first kappa shape index (κ1) is 17.8. The SMILES string of the molecule is CC(C)N(CCOCCOCCN(C)C)C(C)C. The normalized spacial score (nSPS) is 12.3. The second-order valence-corrected chi connectivity index (χ2v) is 5.45. The van der Waals surface area contributed by atoms with Gasteiger partial charge >= 0.3 is 0 Å². The second-order valence-electron chi connectivity index (χ2n) is 5.45. The smallest absolute Gasteiger partial charge is 0.0701 e. The molecule has 0 aliphatic carbocycles. The van der Waals surface area contributed by atoms with Crippen LogP contribution in [0.3, 0.4) is 0 Å². The van der Waals surface area contributed by atoms with Crippen LogP contribution in [0.5, 0.6) is 0 Å². The maximum absolute atomic E-state index is 5.59. The van der Waals surface area contributed by atoms with Crippen molar-refractivity contribution in [3.63, 3.8) is 0 Å². The van der Waals surface area contributed by atoms with E-state index in [1.807, 2.05) is 14.1 Å². The summed E-state index contributed by atoms with van der Waals surface area (Å²) >= 11 is 0. The van der Waals surface area contributed by atoms with Gasteiger partial charge < -0.3 is 14.4 Å². The van der Waals surface area contributed by atoms with E-state index in [0.717, 1.165) is 26.3 Å². The van der Waals surface area contributed by atoms with Crippen LogP contribution >= 0.6 is 0 Å². The Morgan fingerprint density at radius 2 is 1.17 bits per heavy atom. The van der Waals surface area contributed by atoms with E-state index in [9.17, 15) is 0 Å². The molecule has 4 nitrogen and oxygen atoms in total. The minimum atomic E-state index is 0.574. The van der Waals surface area contributed by atoms with Gasteiger partial charge in [0.15, 0.2) is 0 Å². The number of ether oxygens (including phenoxy) is 2. The third-order valence-corrected chi connectivity index (χ3v) is 2.88. The Balaban J connectivity index is 3.39. The summed E-state index contributed by atoms with van der Waals surface area (Å²) in [6, 6.07) is 1.15. The molecule has 0 rings (SSSR count). The number of hydrogen-bond acceptors (Lipinski definition) is 4. The van der Waals surface area contributed by atoms with Crippen molar-refractivity contribution in [3.05, 3.63) is 0 Å². The molecule has 0 unspecified atom stereocenters. The van der Waals surface area contributed by atoms with Gasteiger partial charge in [-0.3, -0.25) is 4.90 Å². The highest BCUT2D eigenvalue weighted by Crippen LogP contribution is 2.03. The van der Waals surface area contributed by atoms with Crippen LogP contribution in [0.1, 0.15) is 27.7 Å². The molecule has 0 N–H and O–H groups in total. The predicted octanol–water partition coefficient (Wildman–Crippen LogP) is 1.70. The Hall–Kier alpha value is -0.160. The molecule has 0 spiro atoms. The van der Waals surface area contributed by atoms with Gasteiger partial charge in [-0.15, -0.1) is 0 Å². The van der Waals surface area contributed by atoms with Gasteiger partial charge in [0.2, 0.25) is 0 Å². The van der Waals surface area contributed by atoms with Gasteiger partial charge in [-0.2, -0.15) is 0 Å². The van der Waals surface area contributed by atoms with E-state index in [2.05, 4.69) is 37.5 Å². The summed E-state index contributed by atoms with van der Waals surface area (Å²) in [5.74, 6) is 0. The summed E-state index contributed by atoms with van der Waals surface area (Å²) in [7, 11) is 4.10. The van der Waals surface area contributed by atoms with Gasteiger partial charge in [0.1, 0.15) is 0 Å². The van der Waals surface area contributed by atoms with E-state index < -0.39 is 0 Å². The molecule has 0 amide bonds. The van der Waals surface area contributed by atoms with Gasteiger partial charge in [0.05, 0.1) is 26.4 Å². The first-order chi connectivity index (χ1) is 8.45. The first-order valence-corrected chi connectivity index (χ1v) is 7.01. The molecule has 0 bridgehead atoms. The largest absolute Gasteiger partial charge is 0.378 e. The Labute approximate surface area is 113 Å². The van der Waals surface area contributed by atoms with Crippen LogP contribution < -0.4 is 0 Å². The monoisotopic (exact) mass is 260 g/mol. The second kappa shape index (κ2) is 10.7. The Bertz CT molecular complexity index is 177.